The van der Waals surface area contributed by atoms with Gasteiger partial charge in [0.15, 0.2) is 0 Å². The maximum absolute atomic E-state index is 12.6. The molecule has 28 heavy (non-hydrogen) atoms. The average molecular weight is 419 g/mol. The highest BCUT2D eigenvalue weighted by molar-refractivity contribution is 7.91. The second kappa shape index (κ2) is 7.12. The van der Waals surface area contributed by atoms with Crippen molar-refractivity contribution < 1.29 is 17.7 Å². The number of benzene rings is 1. The van der Waals surface area contributed by atoms with Crippen LogP contribution in [0.25, 0.3) is 11.4 Å². The SMILES string of the molecule is CNC(=O)c1cccc(-c2noc(C3CN(S(=O)(=O)c4ccc(C)s4)C3)n2)c1. The van der Waals surface area contributed by atoms with Crippen molar-refractivity contribution in [1.82, 2.24) is 19.8 Å². The van der Waals surface area contributed by atoms with Gasteiger partial charge in [0.2, 0.25) is 11.7 Å². The van der Waals surface area contributed by atoms with Gasteiger partial charge in [0.05, 0.1) is 5.92 Å². The Morgan fingerprint density at radius 1 is 1.29 bits per heavy atom. The predicted molar refractivity (Wildman–Crippen MR) is 104 cm³/mol. The number of hydrogen-bond donors (Lipinski definition) is 1. The van der Waals surface area contributed by atoms with Crippen molar-refractivity contribution in [2.75, 3.05) is 20.1 Å². The van der Waals surface area contributed by atoms with Crippen LogP contribution in [-0.4, -0.2) is 48.9 Å². The maximum atomic E-state index is 12.6. The molecule has 0 saturated carbocycles. The number of carbonyl (C=O) groups excluding carboxylic acids is 1. The molecule has 3 aromatic rings. The van der Waals surface area contributed by atoms with Gasteiger partial charge in [-0.05, 0) is 31.2 Å². The summed E-state index contributed by atoms with van der Waals surface area (Å²) in [6, 6.07) is 10.3. The Balaban J connectivity index is 1.47. The third-order valence-corrected chi connectivity index (χ3v) is 7.86. The monoisotopic (exact) mass is 418 g/mol. The quantitative estimate of drug-likeness (QED) is 0.681. The largest absolute Gasteiger partial charge is 0.355 e. The molecule has 3 heterocycles. The summed E-state index contributed by atoms with van der Waals surface area (Å²) in [6.07, 6.45) is 0. The summed E-state index contributed by atoms with van der Waals surface area (Å²) in [4.78, 5) is 17.1. The standard InChI is InChI=1S/C18H18N4O4S2/c1-11-6-7-15(27-11)28(24,25)22-9-14(10-22)18-20-16(21-26-18)12-4-3-5-13(8-12)17(23)19-2/h3-8,14H,9-10H2,1-2H3,(H,19,23). The van der Waals surface area contributed by atoms with Crippen LogP contribution >= 0.6 is 11.3 Å². The van der Waals surface area contributed by atoms with E-state index < -0.39 is 10.0 Å². The molecule has 146 valence electrons. The number of hydrogen-bond acceptors (Lipinski definition) is 7. The molecule has 1 aromatic carbocycles. The number of thiophene rings is 1. The highest BCUT2D eigenvalue weighted by atomic mass is 32.2. The van der Waals surface area contributed by atoms with Gasteiger partial charge in [-0.25, -0.2) is 8.42 Å². The molecular formula is C18H18N4O4S2. The molecule has 0 bridgehead atoms. The van der Waals surface area contributed by atoms with Crippen LogP contribution in [0.3, 0.4) is 0 Å². The molecule has 1 aliphatic rings. The van der Waals surface area contributed by atoms with E-state index in [1.54, 1.807) is 43.4 Å². The van der Waals surface area contributed by atoms with Crippen molar-refractivity contribution >= 4 is 27.3 Å². The van der Waals surface area contributed by atoms with Gasteiger partial charge in [-0.3, -0.25) is 4.79 Å². The van der Waals surface area contributed by atoms with Crippen molar-refractivity contribution in [1.29, 1.82) is 0 Å². The molecule has 8 nitrogen and oxygen atoms in total. The molecule has 1 fully saturated rings. The van der Waals surface area contributed by atoms with Crippen molar-refractivity contribution in [3.8, 4) is 11.4 Å². The summed E-state index contributed by atoms with van der Waals surface area (Å²) in [5, 5.41) is 6.55. The average Bonchev–Trinajstić information content (AvgIpc) is 3.29. The Morgan fingerprint density at radius 2 is 2.07 bits per heavy atom. The molecule has 0 unspecified atom stereocenters. The summed E-state index contributed by atoms with van der Waals surface area (Å²) in [7, 11) is -1.90. The normalized spacial score (nSPS) is 15.4. The van der Waals surface area contributed by atoms with Crippen molar-refractivity contribution in [3.05, 3.63) is 52.7 Å². The Labute approximate surface area is 166 Å². The Kier molecular flexibility index (Phi) is 4.77. The molecule has 0 aliphatic carbocycles. The molecule has 1 N–H and O–H groups in total. The van der Waals surface area contributed by atoms with Crippen molar-refractivity contribution in [3.63, 3.8) is 0 Å². The summed E-state index contributed by atoms with van der Waals surface area (Å²) in [5.74, 6) is 0.429. The van der Waals surface area contributed by atoms with E-state index in [0.29, 0.717) is 40.1 Å². The predicted octanol–water partition coefficient (Wildman–Crippen LogP) is 2.25. The highest BCUT2D eigenvalue weighted by Crippen LogP contribution is 2.34. The smallest absolute Gasteiger partial charge is 0.252 e. The summed E-state index contributed by atoms with van der Waals surface area (Å²) >= 11 is 1.26. The lowest BCUT2D eigenvalue weighted by atomic mass is 10.0. The summed E-state index contributed by atoms with van der Waals surface area (Å²) < 4.78 is 32.3. The maximum Gasteiger partial charge on any atom is 0.252 e. The highest BCUT2D eigenvalue weighted by Gasteiger charge is 2.41. The van der Waals surface area contributed by atoms with Crippen molar-refractivity contribution in [2.45, 2.75) is 17.1 Å². The Morgan fingerprint density at radius 3 is 2.75 bits per heavy atom. The minimum Gasteiger partial charge on any atom is -0.355 e. The van der Waals surface area contributed by atoms with Crippen LogP contribution in [0.15, 0.2) is 45.1 Å². The van der Waals surface area contributed by atoms with Crippen LogP contribution < -0.4 is 5.32 Å². The van der Waals surface area contributed by atoms with E-state index in [4.69, 9.17) is 4.52 Å². The molecular weight excluding hydrogens is 400 g/mol. The molecule has 2 aromatic heterocycles. The third-order valence-electron chi connectivity index (χ3n) is 4.56. The van der Waals surface area contributed by atoms with E-state index >= 15 is 0 Å². The summed E-state index contributed by atoms with van der Waals surface area (Å²) in [6.45, 7) is 2.49. The lowest BCUT2D eigenvalue weighted by molar-refractivity contribution is 0.0963. The number of aromatic nitrogens is 2. The molecule has 4 rings (SSSR count). The molecule has 1 aliphatic heterocycles. The minimum atomic E-state index is -3.47. The zero-order valence-corrected chi connectivity index (χ0v) is 16.9. The Hall–Kier alpha value is -2.56. The minimum absolute atomic E-state index is 0.140. The van der Waals surface area contributed by atoms with E-state index in [2.05, 4.69) is 15.5 Å². The van der Waals surface area contributed by atoms with Gasteiger partial charge >= 0.3 is 0 Å². The first-order chi connectivity index (χ1) is 13.4. The van der Waals surface area contributed by atoms with Crippen LogP contribution in [-0.2, 0) is 10.0 Å². The van der Waals surface area contributed by atoms with E-state index in [1.165, 1.54) is 15.6 Å². The van der Waals surface area contributed by atoms with Gasteiger partial charge < -0.3 is 9.84 Å². The molecule has 0 atom stereocenters. The number of carbonyl (C=O) groups is 1. The van der Waals surface area contributed by atoms with Crippen LogP contribution in [0, 0.1) is 6.92 Å². The molecule has 1 amide bonds. The number of sulfonamides is 1. The summed E-state index contributed by atoms with van der Waals surface area (Å²) in [5.41, 5.74) is 1.16. The first-order valence-electron chi connectivity index (χ1n) is 8.61. The fourth-order valence-electron chi connectivity index (χ4n) is 2.93. The van der Waals surface area contributed by atoms with E-state index in [9.17, 15) is 13.2 Å². The van der Waals surface area contributed by atoms with Crippen LogP contribution in [0.4, 0.5) is 0 Å². The zero-order chi connectivity index (χ0) is 19.9. The van der Waals surface area contributed by atoms with Crippen LogP contribution in [0.5, 0.6) is 0 Å². The van der Waals surface area contributed by atoms with Gasteiger partial charge in [0.1, 0.15) is 4.21 Å². The number of aryl methyl sites for hydroxylation is 1. The first-order valence-corrected chi connectivity index (χ1v) is 10.9. The fraction of sp³-hybridized carbons (Fsp3) is 0.278. The van der Waals surface area contributed by atoms with Crippen LogP contribution in [0.1, 0.15) is 27.0 Å². The molecule has 1 saturated heterocycles. The first kappa shape index (κ1) is 18.8. The lowest BCUT2D eigenvalue weighted by Crippen LogP contribution is -2.48. The topological polar surface area (TPSA) is 105 Å². The number of rotatable bonds is 5. The van der Waals surface area contributed by atoms with E-state index in [-0.39, 0.29) is 11.8 Å². The number of amides is 1. The molecule has 0 spiro atoms. The third kappa shape index (κ3) is 3.34. The second-order valence-corrected chi connectivity index (χ2v) is 9.95. The fourth-order valence-corrected chi connectivity index (χ4v) is 5.90. The molecule has 0 radical (unpaired) electrons. The Bertz CT molecular complexity index is 1130. The number of nitrogens with zero attached hydrogens (tertiary/aromatic N) is 3. The van der Waals surface area contributed by atoms with Gasteiger partial charge in [-0.1, -0.05) is 17.3 Å². The second-order valence-electron chi connectivity index (χ2n) is 6.50. The number of nitrogens with one attached hydrogen (secondary N) is 1. The van der Waals surface area contributed by atoms with Crippen LogP contribution in [0.2, 0.25) is 0 Å². The van der Waals surface area contributed by atoms with Gasteiger partial charge in [0, 0.05) is 36.1 Å². The van der Waals surface area contributed by atoms with Gasteiger partial charge in [-0.15, -0.1) is 11.3 Å². The van der Waals surface area contributed by atoms with Gasteiger partial charge in [0.25, 0.3) is 15.9 Å². The van der Waals surface area contributed by atoms with Gasteiger partial charge in [-0.2, -0.15) is 9.29 Å². The van der Waals surface area contributed by atoms with E-state index in [0.717, 1.165) is 4.88 Å². The lowest BCUT2D eigenvalue weighted by Gasteiger charge is -2.35. The van der Waals surface area contributed by atoms with Crippen molar-refractivity contribution in [2.24, 2.45) is 0 Å². The molecule has 10 heteroatoms. The zero-order valence-electron chi connectivity index (χ0n) is 15.2. The van der Waals surface area contributed by atoms with E-state index in [1.807, 2.05) is 6.92 Å².